The predicted molar refractivity (Wildman–Crippen MR) is 139 cm³/mol. The van der Waals surface area contributed by atoms with E-state index in [9.17, 15) is 9.59 Å². The molecule has 5 rings (SSSR count). The largest absolute Gasteiger partial charge is 0.494 e. The van der Waals surface area contributed by atoms with Crippen molar-refractivity contribution in [2.75, 3.05) is 18.7 Å². The number of benzene rings is 3. The van der Waals surface area contributed by atoms with Crippen molar-refractivity contribution in [3.8, 4) is 17.2 Å². The molecule has 9 heteroatoms. The molecule has 0 aromatic heterocycles. The maximum absolute atomic E-state index is 13.3. The molecule has 1 saturated heterocycles. The van der Waals surface area contributed by atoms with Gasteiger partial charge in [0.15, 0.2) is 16.7 Å². The molecule has 0 bridgehead atoms. The Hall–Kier alpha value is -3.98. The Kier molecular flexibility index (Phi) is 7.08. The number of thioether (sulfide) groups is 1. The average Bonchev–Trinajstić information content (AvgIpc) is 3.36. The summed E-state index contributed by atoms with van der Waals surface area (Å²) in [5.41, 5.74) is 2.23. The van der Waals surface area contributed by atoms with Crippen LogP contribution in [0.4, 0.5) is 11.4 Å². The van der Waals surface area contributed by atoms with Crippen molar-refractivity contribution in [3.63, 3.8) is 0 Å². The van der Waals surface area contributed by atoms with Crippen molar-refractivity contribution >= 4 is 40.1 Å². The van der Waals surface area contributed by atoms with Crippen molar-refractivity contribution < 1.29 is 23.8 Å². The van der Waals surface area contributed by atoms with Crippen LogP contribution in [0.25, 0.3) is 0 Å². The lowest BCUT2D eigenvalue weighted by Gasteiger charge is -2.32. The van der Waals surface area contributed by atoms with E-state index in [-0.39, 0.29) is 25.0 Å². The molecule has 0 saturated carbocycles. The summed E-state index contributed by atoms with van der Waals surface area (Å²) in [7, 11) is 0. The van der Waals surface area contributed by atoms with Gasteiger partial charge in [-0.3, -0.25) is 14.5 Å². The number of rotatable bonds is 7. The van der Waals surface area contributed by atoms with Gasteiger partial charge in [0.2, 0.25) is 18.6 Å². The molecule has 2 heterocycles. The minimum Gasteiger partial charge on any atom is -0.494 e. The predicted octanol–water partition coefficient (Wildman–Crippen LogP) is 4.97. The van der Waals surface area contributed by atoms with E-state index < -0.39 is 5.25 Å². The van der Waals surface area contributed by atoms with Crippen molar-refractivity contribution in [2.45, 2.75) is 25.1 Å². The van der Waals surface area contributed by atoms with Crippen LogP contribution in [0.1, 0.15) is 18.9 Å². The summed E-state index contributed by atoms with van der Waals surface area (Å²) >= 11 is 1.28. The lowest BCUT2D eigenvalue weighted by Crippen LogP contribution is -2.44. The van der Waals surface area contributed by atoms with E-state index in [1.165, 1.54) is 11.8 Å². The number of carbonyl (C=O) groups excluding carboxylic acids is 2. The second-order valence-corrected chi connectivity index (χ2v) is 9.32. The molecule has 2 amide bonds. The van der Waals surface area contributed by atoms with Gasteiger partial charge in [-0.25, -0.2) is 4.99 Å². The van der Waals surface area contributed by atoms with E-state index in [0.29, 0.717) is 41.2 Å². The van der Waals surface area contributed by atoms with Crippen LogP contribution in [0.2, 0.25) is 0 Å². The molecular formula is C27H25N3O5S. The van der Waals surface area contributed by atoms with Crippen LogP contribution in [0.5, 0.6) is 17.2 Å². The molecule has 2 aliphatic rings. The zero-order valence-electron chi connectivity index (χ0n) is 19.7. The standard InChI is InChI=1S/C27H25N3O5S/c1-2-33-21-11-9-20(10-12-21)28-26(32)24-15-25(31)30(27(36-24)29-19-6-4-3-5-7-19)16-18-8-13-22-23(14-18)35-17-34-22/h3-14,24H,2,15-17H2,1H3,(H,28,32)/t24-/m1/s1. The summed E-state index contributed by atoms with van der Waals surface area (Å²) in [5.74, 6) is 1.64. The van der Waals surface area contributed by atoms with Gasteiger partial charge in [0.25, 0.3) is 0 Å². The zero-order valence-corrected chi connectivity index (χ0v) is 20.5. The van der Waals surface area contributed by atoms with Gasteiger partial charge in [0.1, 0.15) is 11.0 Å². The fourth-order valence-corrected chi connectivity index (χ4v) is 4.95. The first-order chi connectivity index (χ1) is 17.6. The van der Waals surface area contributed by atoms with Gasteiger partial charge in [-0.15, -0.1) is 0 Å². The number of hydrogen-bond acceptors (Lipinski definition) is 7. The molecule has 0 spiro atoms. The molecule has 1 fully saturated rings. The van der Waals surface area contributed by atoms with Crippen molar-refractivity contribution in [1.82, 2.24) is 4.90 Å². The first-order valence-electron chi connectivity index (χ1n) is 11.6. The van der Waals surface area contributed by atoms with E-state index in [1.807, 2.05) is 55.5 Å². The molecule has 3 aromatic rings. The number of carbonyl (C=O) groups is 2. The number of para-hydroxylation sites is 1. The number of aliphatic imine (C=N–C) groups is 1. The number of nitrogens with zero attached hydrogens (tertiary/aromatic N) is 2. The van der Waals surface area contributed by atoms with Crippen molar-refractivity contribution in [1.29, 1.82) is 0 Å². The molecule has 1 N–H and O–H groups in total. The monoisotopic (exact) mass is 503 g/mol. The third-order valence-corrected chi connectivity index (χ3v) is 6.81. The summed E-state index contributed by atoms with van der Waals surface area (Å²) in [6, 6.07) is 22.1. The molecular weight excluding hydrogens is 478 g/mol. The highest BCUT2D eigenvalue weighted by atomic mass is 32.2. The summed E-state index contributed by atoms with van der Waals surface area (Å²) in [4.78, 5) is 32.7. The van der Waals surface area contributed by atoms with Gasteiger partial charge in [-0.05, 0) is 61.0 Å². The molecule has 3 aromatic carbocycles. The maximum atomic E-state index is 13.3. The Balaban J connectivity index is 1.35. The fourth-order valence-electron chi connectivity index (χ4n) is 3.86. The number of amidine groups is 1. The van der Waals surface area contributed by atoms with Gasteiger partial charge >= 0.3 is 0 Å². The topological polar surface area (TPSA) is 89.5 Å². The normalized spacial score (nSPS) is 17.8. The van der Waals surface area contributed by atoms with E-state index in [2.05, 4.69) is 5.32 Å². The number of fused-ring (bicyclic) bond motifs is 1. The summed E-state index contributed by atoms with van der Waals surface area (Å²) < 4.78 is 16.3. The second kappa shape index (κ2) is 10.7. The van der Waals surface area contributed by atoms with Crippen LogP contribution in [-0.2, 0) is 16.1 Å². The van der Waals surface area contributed by atoms with Crippen LogP contribution in [0.3, 0.4) is 0 Å². The number of amides is 2. The minimum absolute atomic E-state index is 0.0614. The van der Waals surface area contributed by atoms with Crippen LogP contribution in [-0.4, -0.2) is 40.5 Å². The van der Waals surface area contributed by atoms with E-state index in [4.69, 9.17) is 19.2 Å². The molecule has 184 valence electrons. The summed E-state index contributed by atoms with van der Waals surface area (Å²) in [6.07, 6.45) is 0.0614. The third kappa shape index (κ3) is 5.46. The first-order valence-corrected chi connectivity index (χ1v) is 12.5. The Labute approximate surface area is 213 Å². The summed E-state index contributed by atoms with van der Waals surface area (Å²) in [5, 5.41) is 2.77. The van der Waals surface area contributed by atoms with E-state index >= 15 is 0 Å². The van der Waals surface area contributed by atoms with Crippen LogP contribution >= 0.6 is 11.8 Å². The number of anilines is 1. The molecule has 8 nitrogen and oxygen atoms in total. The third-order valence-electron chi connectivity index (χ3n) is 5.62. The number of ether oxygens (including phenoxy) is 3. The second-order valence-electron chi connectivity index (χ2n) is 8.15. The van der Waals surface area contributed by atoms with Gasteiger partial charge < -0.3 is 19.5 Å². The molecule has 36 heavy (non-hydrogen) atoms. The lowest BCUT2D eigenvalue weighted by molar-refractivity contribution is -0.129. The zero-order chi connectivity index (χ0) is 24.9. The maximum Gasteiger partial charge on any atom is 0.238 e. The highest BCUT2D eigenvalue weighted by Gasteiger charge is 2.36. The van der Waals surface area contributed by atoms with Crippen LogP contribution in [0.15, 0.2) is 77.8 Å². The Morgan fingerprint density at radius 3 is 2.64 bits per heavy atom. The van der Waals surface area contributed by atoms with Crippen LogP contribution in [0, 0.1) is 0 Å². The Bertz CT molecular complexity index is 1280. The Morgan fingerprint density at radius 2 is 1.86 bits per heavy atom. The fraction of sp³-hybridized carbons (Fsp3) is 0.222. The Morgan fingerprint density at radius 1 is 1.08 bits per heavy atom. The quantitative estimate of drug-likeness (QED) is 0.490. The molecule has 0 radical (unpaired) electrons. The number of hydrogen-bond donors (Lipinski definition) is 1. The SMILES string of the molecule is CCOc1ccc(NC(=O)[C@H]2CC(=O)N(Cc3ccc4c(c3)OCO4)C(=Nc3ccccc3)S2)cc1. The van der Waals surface area contributed by atoms with E-state index in [0.717, 1.165) is 11.3 Å². The molecule has 2 aliphatic heterocycles. The molecule has 0 aliphatic carbocycles. The van der Waals surface area contributed by atoms with Gasteiger partial charge in [-0.1, -0.05) is 36.0 Å². The van der Waals surface area contributed by atoms with Crippen molar-refractivity contribution in [2.24, 2.45) is 4.99 Å². The molecule has 0 unspecified atom stereocenters. The van der Waals surface area contributed by atoms with Crippen LogP contribution < -0.4 is 19.5 Å². The molecule has 1 atom stereocenters. The van der Waals surface area contributed by atoms with Gasteiger partial charge in [0, 0.05) is 12.1 Å². The van der Waals surface area contributed by atoms with Crippen molar-refractivity contribution in [3.05, 3.63) is 78.4 Å². The smallest absolute Gasteiger partial charge is 0.238 e. The average molecular weight is 504 g/mol. The van der Waals surface area contributed by atoms with Gasteiger partial charge in [0.05, 0.1) is 18.8 Å². The van der Waals surface area contributed by atoms with Gasteiger partial charge in [-0.2, -0.15) is 0 Å². The first kappa shape index (κ1) is 23.7. The highest BCUT2D eigenvalue weighted by Crippen LogP contribution is 2.35. The van der Waals surface area contributed by atoms with E-state index in [1.54, 1.807) is 29.2 Å². The summed E-state index contributed by atoms with van der Waals surface area (Å²) in [6.45, 7) is 2.97. The lowest BCUT2D eigenvalue weighted by atomic mass is 10.1. The highest BCUT2D eigenvalue weighted by molar-refractivity contribution is 8.15. The minimum atomic E-state index is -0.612. The number of nitrogens with one attached hydrogen (secondary N) is 1.